The summed E-state index contributed by atoms with van der Waals surface area (Å²) >= 11 is 4.53. The molecule has 0 saturated heterocycles. The fourth-order valence-electron chi connectivity index (χ4n) is 2.08. The number of halogens is 1. The minimum atomic E-state index is -3.73. The third-order valence-electron chi connectivity index (χ3n) is 3.55. The van der Waals surface area contributed by atoms with Gasteiger partial charge < -0.3 is 5.32 Å². The lowest BCUT2D eigenvalue weighted by molar-refractivity contribution is 0.102. The van der Waals surface area contributed by atoms with E-state index in [1.807, 2.05) is 6.92 Å². The van der Waals surface area contributed by atoms with Gasteiger partial charge in [0.25, 0.3) is 15.9 Å². The summed E-state index contributed by atoms with van der Waals surface area (Å²) in [4.78, 5) is 16.3. The maximum Gasteiger partial charge on any atom is 0.277 e. The van der Waals surface area contributed by atoms with Gasteiger partial charge in [-0.05, 0) is 47.1 Å². The number of nitrogens with zero attached hydrogens (tertiary/aromatic N) is 3. The second-order valence-electron chi connectivity index (χ2n) is 5.29. The minimum absolute atomic E-state index is 0.0700. The lowest BCUT2D eigenvalue weighted by Gasteiger charge is -2.07. The summed E-state index contributed by atoms with van der Waals surface area (Å²) in [6, 6.07) is 5.84. The van der Waals surface area contributed by atoms with Gasteiger partial charge >= 0.3 is 0 Å². The number of benzene rings is 1. The van der Waals surface area contributed by atoms with Crippen LogP contribution in [0.25, 0.3) is 0 Å². The average Bonchev–Trinajstić information content (AvgIpc) is 3.19. The predicted molar refractivity (Wildman–Crippen MR) is 103 cm³/mol. The van der Waals surface area contributed by atoms with E-state index in [0.717, 1.165) is 5.69 Å². The Bertz CT molecular complexity index is 1040. The molecule has 0 radical (unpaired) electrons. The SMILES string of the molecule is Cc1c(Br)c(C(=O)Nc2ccc(S(=O)(=O)Nc3nccs3)cc2)nn1C. The Labute approximate surface area is 162 Å². The van der Waals surface area contributed by atoms with Crippen molar-refractivity contribution in [3.63, 3.8) is 0 Å². The fourth-order valence-corrected chi connectivity index (χ4v) is 4.39. The number of hydrogen-bond donors (Lipinski definition) is 2. The van der Waals surface area contributed by atoms with E-state index in [4.69, 9.17) is 0 Å². The topological polar surface area (TPSA) is 106 Å². The second kappa shape index (κ2) is 7.17. The number of carbonyl (C=O) groups is 1. The predicted octanol–water partition coefficient (Wildman–Crippen LogP) is 3.00. The first-order chi connectivity index (χ1) is 12.3. The van der Waals surface area contributed by atoms with Crippen LogP contribution in [0.2, 0.25) is 0 Å². The Hall–Kier alpha value is -2.24. The number of anilines is 2. The van der Waals surface area contributed by atoms with Crippen LogP contribution in [0.3, 0.4) is 0 Å². The van der Waals surface area contributed by atoms with Crippen molar-refractivity contribution in [2.24, 2.45) is 7.05 Å². The zero-order chi connectivity index (χ0) is 18.9. The van der Waals surface area contributed by atoms with E-state index in [1.54, 1.807) is 17.1 Å². The molecule has 11 heteroatoms. The first-order valence-corrected chi connectivity index (χ1v) is 10.5. The van der Waals surface area contributed by atoms with Gasteiger partial charge in [-0.2, -0.15) is 5.10 Å². The van der Waals surface area contributed by atoms with Crippen LogP contribution in [0.1, 0.15) is 16.2 Å². The first kappa shape index (κ1) is 18.5. The molecule has 0 saturated carbocycles. The average molecular weight is 456 g/mol. The zero-order valence-corrected chi connectivity index (χ0v) is 16.9. The van der Waals surface area contributed by atoms with E-state index in [1.165, 1.54) is 41.8 Å². The van der Waals surface area contributed by atoms with Gasteiger partial charge in [-0.25, -0.2) is 13.4 Å². The van der Waals surface area contributed by atoms with Gasteiger partial charge in [0.15, 0.2) is 10.8 Å². The van der Waals surface area contributed by atoms with Crippen LogP contribution in [-0.2, 0) is 17.1 Å². The molecule has 0 aliphatic heterocycles. The molecule has 3 aromatic rings. The van der Waals surface area contributed by atoms with Crippen molar-refractivity contribution < 1.29 is 13.2 Å². The molecule has 0 unspecified atom stereocenters. The fraction of sp³-hybridized carbons (Fsp3) is 0.133. The number of nitrogens with one attached hydrogen (secondary N) is 2. The van der Waals surface area contributed by atoms with Gasteiger partial charge in [0.1, 0.15) is 0 Å². The summed E-state index contributed by atoms with van der Waals surface area (Å²) in [6.45, 7) is 1.84. The van der Waals surface area contributed by atoms with Gasteiger partial charge in [0.2, 0.25) is 0 Å². The highest BCUT2D eigenvalue weighted by molar-refractivity contribution is 9.10. The molecular formula is C15H14BrN5O3S2. The Morgan fingerprint density at radius 3 is 2.50 bits per heavy atom. The summed E-state index contributed by atoms with van der Waals surface area (Å²) in [5, 5.41) is 8.81. The number of hydrogen-bond acceptors (Lipinski definition) is 6. The number of sulfonamides is 1. The molecular weight excluding hydrogens is 442 g/mol. The van der Waals surface area contributed by atoms with E-state index in [2.05, 4.69) is 36.1 Å². The lowest BCUT2D eigenvalue weighted by atomic mass is 10.3. The van der Waals surface area contributed by atoms with Crippen LogP contribution in [-0.4, -0.2) is 29.1 Å². The second-order valence-corrected chi connectivity index (χ2v) is 8.66. The Morgan fingerprint density at radius 2 is 1.96 bits per heavy atom. The molecule has 0 aliphatic carbocycles. The summed E-state index contributed by atoms with van der Waals surface area (Å²) in [5.41, 5.74) is 1.54. The molecule has 2 heterocycles. The number of amides is 1. The van der Waals surface area contributed by atoms with Crippen molar-refractivity contribution in [1.82, 2.24) is 14.8 Å². The van der Waals surface area contributed by atoms with Gasteiger partial charge in [0.05, 0.1) is 15.1 Å². The Kier molecular flexibility index (Phi) is 5.12. The molecule has 0 fully saturated rings. The number of aryl methyl sites for hydroxylation is 1. The molecule has 26 heavy (non-hydrogen) atoms. The smallest absolute Gasteiger partial charge is 0.277 e. The summed E-state index contributed by atoms with van der Waals surface area (Å²) < 4.78 is 29.2. The van der Waals surface area contributed by atoms with Crippen molar-refractivity contribution in [2.45, 2.75) is 11.8 Å². The minimum Gasteiger partial charge on any atom is -0.321 e. The van der Waals surface area contributed by atoms with E-state index in [0.29, 0.717) is 10.2 Å². The molecule has 3 rings (SSSR count). The quantitative estimate of drug-likeness (QED) is 0.614. The van der Waals surface area contributed by atoms with Crippen LogP contribution in [0.15, 0.2) is 45.2 Å². The van der Waals surface area contributed by atoms with Crippen LogP contribution in [0, 0.1) is 6.92 Å². The van der Waals surface area contributed by atoms with Crippen molar-refractivity contribution in [3.8, 4) is 0 Å². The van der Waals surface area contributed by atoms with Crippen LogP contribution in [0.5, 0.6) is 0 Å². The van der Waals surface area contributed by atoms with Crippen LogP contribution < -0.4 is 10.0 Å². The summed E-state index contributed by atoms with van der Waals surface area (Å²) in [5.74, 6) is -0.392. The monoisotopic (exact) mass is 455 g/mol. The maximum absolute atomic E-state index is 12.3. The van der Waals surface area contributed by atoms with E-state index in [9.17, 15) is 13.2 Å². The first-order valence-electron chi connectivity index (χ1n) is 7.31. The number of thiazole rings is 1. The number of carbonyl (C=O) groups excluding carboxylic acids is 1. The van der Waals surface area contributed by atoms with Gasteiger partial charge in [-0.1, -0.05) is 0 Å². The summed E-state index contributed by atoms with van der Waals surface area (Å²) in [7, 11) is -1.99. The number of aromatic nitrogens is 3. The number of rotatable bonds is 5. The van der Waals surface area contributed by atoms with Gasteiger partial charge in [0, 0.05) is 24.3 Å². The maximum atomic E-state index is 12.3. The van der Waals surface area contributed by atoms with Gasteiger partial charge in [-0.3, -0.25) is 14.2 Å². The highest BCUT2D eigenvalue weighted by atomic mass is 79.9. The molecule has 0 atom stereocenters. The normalized spacial score (nSPS) is 11.3. The zero-order valence-electron chi connectivity index (χ0n) is 13.7. The van der Waals surface area contributed by atoms with Crippen molar-refractivity contribution in [2.75, 3.05) is 10.0 Å². The molecule has 2 N–H and O–H groups in total. The molecule has 136 valence electrons. The van der Waals surface area contributed by atoms with E-state index in [-0.39, 0.29) is 15.7 Å². The molecule has 1 amide bonds. The Morgan fingerprint density at radius 1 is 1.27 bits per heavy atom. The van der Waals surface area contributed by atoms with E-state index < -0.39 is 15.9 Å². The molecule has 8 nitrogen and oxygen atoms in total. The van der Waals surface area contributed by atoms with Crippen molar-refractivity contribution >= 4 is 54.0 Å². The lowest BCUT2D eigenvalue weighted by Crippen LogP contribution is -2.15. The highest BCUT2D eigenvalue weighted by Gasteiger charge is 2.19. The van der Waals surface area contributed by atoms with E-state index >= 15 is 0 Å². The van der Waals surface area contributed by atoms with Gasteiger partial charge in [-0.15, -0.1) is 11.3 Å². The molecule has 0 aliphatic rings. The highest BCUT2D eigenvalue weighted by Crippen LogP contribution is 2.22. The summed E-state index contributed by atoms with van der Waals surface area (Å²) in [6.07, 6.45) is 1.51. The Balaban J connectivity index is 1.75. The molecule has 1 aromatic carbocycles. The third kappa shape index (κ3) is 3.79. The van der Waals surface area contributed by atoms with Crippen LogP contribution >= 0.6 is 27.3 Å². The van der Waals surface area contributed by atoms with Crippen molar-refractivity contribution in [3.05, 3.63) is 51.7 Å². The van der Waals surface area contributed by atoms with Crippen molar-refractivity contribution in [1.29, 1.82) is 0 Å². The van der Waals surface area contributed by atoms with Crippen LogP contribution in [0.4, 0.5) is 10.8 Å². The third-order valence-corrected chi connectivity index (χ3v) is 6.67. The standard InChI is InChI=1S/C15H14BrN5O3S2/c1-9-12(16)13(19-21(9)2)14(22)18-10-3-5-11(6-4-10)26(23,24)20-15-17-7-8-25-15/h3-8H,1-2H3,(H,17,20)(H,18,22). The molecule has 0 bridgehead atoms. The molecule has 0 spiro atoms. The molecule has 2 aromatic heterocycles. The largest absolute Gasteiger partial charge is 0.321 e.